The summed E-state index contributed by atoms with van der Waals surface area (Å²) in [4.78, 5) is 2.53. The first-order chi connectivity index (χ1) is 10.4. The van der Waals surface area contributed by atoms with Gasteiger partial charge < -0.3 is 0 Å². The van der Waals surface area contributed by atoms with Crippen molar-refractivity contribution in [2.75, 3.05) is 0 Å². The molecule has 0 bridgehead atoms. The number of hydrazone groups is 1. The first kappa shape index (κ1) is 16.2. The molecule has 0 spiro atoms. The normalized spacial score (nSPS) is 12.2. The predicted molar refractivity (Wildman–Crippen MR) is 89.5 cm³/mol. The van der Waals surface area contributed by atoms with Crippen LogP contribution in [0.1, 0.15) is 30.0 Å². The molecule has 0 heterocycles. The van der Waals surface area contributed by atoms with Gasteiger partial charge in [-0.15, -0.1) is 0 Å². The lowest BCUT2D eigenvalue weighted by molar-refractivity contribution is 0.584. The number of hydrogen-bond acceptors (Lipinski definition) is 3. The summed E-state index contributed by atoms with van der Waals surface area (Å²) < 4.78 is 24.5. The van der Waals surface area contributed by atoms with E-state index in [1.54, 1.807) is 24.3 Å². The van der Waals surface area contributed by atoms with Crippen LogP contribution in [-0.2, 0) is 10.0 Å². The third kappa shape index (κ3) is 3.95. The average Bonchev–Trinajstić information content (AvgIpc) is 2.50. The molecule has 22 heavy (non-hydrogen) atoms. The van der Waals surface area contributed by atoms with Gasteiger partial charge in [0.2, 0.25) is 0 Å². The second-order valence-corrected chi connectivity index (χ2v) is 6.85. The monoisotopic (exact) mass is 316 g/mol. The van der Waals surface area contributed by atoms with E-state index in [4.69, 9.17) is 0 Å². The molecule has 0 aliphatic heterocycles. The Hall–Kier alpha value is -2.14. The Balaban J connectivity index is 2.24. The molecule has 0 amide bonds. The number of rotatable bonds is 5. The number of nitrogens with zero attached hydrogens (tertiary/aromatic N) is 1. The summed E-state index contributed by atoms with van der Waals surface area (Å²) in [7, 11) is -3.64. The molecule has 0 aliphatic carbocycles. The van der Waals surface area contributed by atoms with Gasteiger partial charge in [0.05, 0.1) is 10.6 Å². The van der Waals surface area contributed by atoms with Crippen molar-refractivity contribution in [3.63, 3.8) is 0 Å². The van der Waals surface area contributed by atoms with Gasteiger partial charge in [-0.2, -0.15) is 18.4 Å². The first-order valence-corrected chi connectivity index (χ1v) is 8.63. The lowest BCUT2D eigenvalue weighted by Gasteiger charge is -2.07. The van der Waals surface area contributed by atoms with E-state index >= 15 is 0 Å². The van der Waals surface area contributed by atoms with Crippen molar-refractivity contribution in [2.24, 2.45) is 5.10 Å². The maximum atomic E-state index is 12.2. The van der Waals surface area contributed by atoms with Crippen LogP contribution in [0, 0.1) is 13.8 Å². The van der Waals surface area contributed by atoms with E-state index in [0.717, 1.165) is 16.7 Å². The van der Waals surface area contributed by atoms with Crippen LogP contribution in [0.15, 0.2) is 58.5 Å². The Morgan fingerprint density at radius 2 is 1.45 bits per heavy atom. The van der Waals surface area contributed by atoms with Crippen molar-refractivity contribution in [3.8, 4) is 0 Å². The van der Waals surface area contributed by atoms with E-state index in [1.165, 1.54) is 0 Å². The fraction of sp³-hybridized carbons (Fsp3) is 0.235. The van der Waals surface area contributed by atoms with Crippen molar-refractivity contribution in [1.82, 2.24) is 4.83 Å². The number of nitrogens with one attached hydrogen (secondary N) is 1. The Morgan fingerprint density at radius 1 is 0.955 bits per heavy atom. The fourth-order valence-corrected chi connectivity index (χ4v) is 2.81. The van der Waals surface area contributed by atoms with Crippen LogP contribution in [0.2, 0.25) is 0 Å². The molecule has 0 radical (unpaired) electrons. The van der Waals surface area contributed by atoms with Crippen molar-refractivity contribution in [3.05, 3.63) is 65.2 Å². The van der Waals surface area contributed by atoms with Crippen LogP contribution in [0.3, 0.4) is 0 Å². The maximum Gasteiger partial charge on any atom is 0.276 e. The van der Waals surface area contributed by atoms with E-state index in [1.807, 2.05) is 45.0 Å². The highest BCUT2D eigenvalue weighted by molar-refractivity contribution is 7.89. The van der Waals surface area contributed by atoms with Crippen LogP contribution in [0.4, 0.5) is 0 Å². The minimum Gasteiger partial charge on any atom is -0.200 e. The molecule has 0 unspecified atom stereocenters. The molecular formula is C17H20N2O2S. The van der Waals surface area contributed by atoms with E-state index in [2.05, 4.69) is 9.93 Å². The molecule has 1 N–H and O–H groups in total. The van der Waals surface area contributed by atoms with Crippen molar-refractivity contribution < 1.29 is 8.42 Å². The highest BCUT2D eigenvalue weighted by atomic mass is 32.2. The summed E-state index contributed by atoms with van der Waals surface area (Å²) in [6.07, 6.45) is 0.638. The molecule has 4 nitrogen and oxygen atoms in total. The highest BCUT2D eigenvalue weighted by Crippen LogP contribution is 2.11. The molecule has 2 aromatic rings. The molecular weight excluding hydrogens is 296 g/mol. The average molecular weight is 316 g/mol. The summed E-state index contributed by atoms with van der Waals surface area (Å²) in [5, 5.41) is 4.09. The zero-order valence-corrected chi connectivity index (χ0v) is 13.8. The lowest BCUT2D eigenvalue weighted by Crippen LogP contribution is -2.20. The Morgan fingerprint density at radius 3 is 1.95 bits per heavy atom. The van der Waals surface area contributed by atoms with Gasteiger partial charge in [0.25, 0.3) is 10.0 Å². The molecule has 0 fully saturated rings. The minimum absolute atomic E-state index is 0.209. The largest absolute Gasteiger partial charge is 0.276 e. The number of benzene rings is 2. The topological polar surface area (TPSA) is 58.5 Å². The van der Waals surface area contributed by atoms with Gasteiger partial charge in [-0.1, -0.05) is 54.4 Å². The van der Waals surface area contributed by atoms with Crippen LogP contribution in [0.5, 0.6) is 0 Å². The van der Waals surface area contributed by atoms with Gasteiger partial charge in [0.1, 0.15) is 0 Å². The van der Waals surface area contributed by atoms with Gasteiger partial charge in [-0.05, 0) is 38.0 Å². The molecule has 0 aromatic heterocycles. The lowest BCUT2D eigenvalue weighted by atomic mass is 10.1. The quantitative estimate of drug-likeness (QED) is 0.679. The molecule has 0 saturated heterocycles. The number of sulfonamides is 1. The second-order valence-electron chi connectivity index (χ2n) is 5.19. The summed E-state index contributed by atoms with van der Waals surface area (Å²) in [5.41, 5.74) is 3.78. The Labute approximate surface area is 131 Å². The van der Waals surface area contributed by atoms with Crippen LogP contribution >= 0.6 is 0 Å². The maximum absolute atomic E-state index is 12.2. The summed E-state index contributed by atoms with van der Waals surface area (Å²) in [6, 6.07) is 14.5. The summed E-state index contributed by atoms with van der Waals surface area (Å²) in [5.74, 6) is 0. The minimum atomic E-state index is -3.64. The van der Waals surface area contributed by atoms with Gasteiger partial charge in [-0.25, -0.2) is 0 Å². The number of hydrogen-bond donors (Lipinski definition) is 1. The van der Waals surface area contributed by atoms with E-state index < -0.39 is 10.0 Å². The summed E-state index contributed by atoms with van der Waals surface area (Å²) >= 11 is 0. The second kappa shape index (κ2) is 6.75. The van der Waals surface area contributed by atoms with Gasteiger partial charge in [0, 0.05) is 0 Å². The van der Waals surface area contributed by atoms with Gasteiger partial charge >= 0.3 is 0 Å². The highest BCUT2D eigenvalue weighted by Gasteiger charge is 2.13. The number of aryl methyl sites for hydroxylation is 2. The smallest absolute Gasteiger partial charge is 0.200 e. The third-order valence-electron chi connectivity index (χ3n) is 3.35. The fourth-order valence-electron chi connectivity index (χ4n) is 1.98. The third-order valence-corrected chi connectivity index (χ3v) is 4.58. The van der Waals surface area contributed by atoms with Crippen LogP contribution < -0.4 is 4.83 Å². The zero-order chi connectivity index (χ0) is 16.2. The van der Waals surface area contributed by atoms with E-state index in [9.17, 15) is 8.42 Å². The summed E-state index contributed by atoms with van der Waals surface area (Å²) in [6.45, 7) is 5.86. The zero-order valence-electron chi connectivity index (χ0n) is 13.0. The van der Waals surface area contributed by atoms with Crippen molar-refractivity contribution in [1.29, 1.82) is 0 Å². The van der Waals surface area contributed by atoms with E-state index in [0.29, 0.717) is 12.1 Å². The van der Waals surface area contributed by atoms with Crippen molar-refractivity contribution >= 4 is 15.7 Å². The molecule has 2 rings (SSSR count). The molecule has 0 aliphatic rings. The Kier molecular flexibility index (Phi) is 4.98. The SMILES string of the molecule is CC/C(=N\NS(=O)(=O)c1ccc(C)cc1)c1ccc(C)cc1. The first-order valence-electron chi connectivity index (χ1n) is 7.14. The Bertz CT molecular complexity index is 761. The van der Waals surface area contributed by atoms with Crippen LogP contribution in [0.25, 0.3) is 0 Å². The van der Waals surface area contributed by atoms with Gasteiger partial charge in [-0.3, -0.25) is 0 Å². The van der Waals surface area contributed by atoms with E-state index in [-0.39, 0.29) is 4.90 Å². The molecule has 0 saturated carbocycles. The molecule has 5 heteroatoms. The molecule has 2 aromatic carbocycles. The standard InChI is InChI=1S/C17H20N2O2S/c1-4-17(15-9-5-13(2)6-10-15)18-19-22(20,21)16-11-7-14(3)8-12-16/h5-12,19H,4H2,1-3H3/b18-17+. The van der Waals surface area contributed by atoms with Gasteiger partial charge in [0.15, 0.2) is 0 Å². The molecule has 0 atom stereocenters. The van der Waals surface area contributed by atoms with Crippen LogP contribution in [-0.4, -0.2) is 14.1 Å². The molecule has 116 valence electrons. The predicted octanol–water partition coefficient (Wildman–Crippen LogP) is 3.40. The van der Waals surface area contributed by atoms with Crippen molar-refractivity contribution in [2.45, 2.75) is 32.1 Å².